The first kappa shape index (κ1) is 33.7. The maximum absolute atomic E-state index is 3.39. The second-order valence-electron chi connectivity index (χ2n) is 9.00. The molecule has 0 amide bonds. The van der Waals surface area contributed by atoms with Crippen LogP contribution in [0.1, 0.15) is 38.8 Å². The molecule has 2 aliphatic carbocycles. The normalized spacial score (nSPS) is 17.2. The minimum atomic E-state index is -0.676. The van der Waals surface area contributed by atoms with Gasteiger partial charge in [-0.2, -0.15) is 23.3 Å². The molecule has 0 N–H and O–H groups in total. The molecule has 0 bridgehead atoms. The fraction of sp³-hybridized carbons (Fsp3) is 0.212. The van der Waals surface area contributed by atoms with E-state index >= 15 is 0 Å². The molecule has 4 heteroatoms. The number of halogens is 2. The Morgan fingerprint density at radius 3 is 1.16 bits per heavy atom. The topological polar surface area (TPSA) is 0 Å². The van der Waals surface area contributed by atoms with E-state index < -0.39 is 9.98 Å². The van der Waals surface area contributed by atoms with Crippen LogP contribution in [-0.2, 0) is 21.6 Å². The third-order valence-corrected chi connectivity index (χ3v) is 12.1. The third kappa shape index (κ3) is 10.7. The van der Waals surface area contributed by atoms with Gasteiger partial charge in [-0.05, 0) is 0 Å². The molecule has 0 aliphatic heterocycles. The average molecular weight is 665 g/mol. The second-order valence-corrected chi connectivity index (χ2v) is 22.4. The minimum Gasteiger partial charge on any atom is -1.00 e. The van der Waals surface area contributed by atoms with Crippen molar-refractivity contribution < 1.29 is 46.4 Å². The Bertz CT molecular complexity index is 1170. The van der Waals surface area contributed by atoms with Crippen LogP contribution in [0.4, 0.5) is 0 Å². The van der Waals surface area contributed by atoms with Crippen molar-refractivity contribution in [3.8, 4) is 0 Å². The van der Waals surface area contributed by atoms with Gasteiger partial charge in [-0.25, -0.2) is 11.1 Å². The van der Waals surface area contributed by atoms with Gasteiger partial charge in [0.05, 0.1) is 0 Å². The fourth-order valence-electron chi connectivity index (χ4n) is 4.22. The number of hydrogen-bond donors (Lipinski definition) is 0. The standard InChI is InChI=1S/2C13H13.C7H8Ge.2ClH.Zr/c2*1-10-8-11(2)13(9-10)12-6-4-3-5-7-12;1-8-7-5-3-2-4-6-7;;;/h2*3-7,9-10H,1-2H3;2-6H,1H3;2*1H;/q2*-1;;;;+2/p-2. The van der Waals surface area contributed by atoms with Gasteiger partial charge in [0.1, 0.15) is 0 Å². The Kier molecular flexibility index (Phi) is 15.7. The van der Waals surface area contributed by atoms with Crippen molar-refractivity contribution in [3.63, 3.8) is 0 Å². The molecule has 0 fully saturated rings. The van der Waals surface area contributed by atoms with Crippen molar-refractivity contribution >= 4 is 25.5 Å². The van der Waals surface area contributed by atoms with Gasteiger partial charge >= 0.3 is 72.1 Å². The zero-order chi connectivity index (χ0) is 25.2. The summed E-state index contributed by atoms with van der Waals surface area (Å²) in [4.78, 5) is 0. The molecule has 2 atom stereocenters. The van der Waals surface area contributed by atoms with Gasteiger partial charge in [0.15, 0.2) is 0 Å². The van der Waals surface area contributed by atoms with Crippen LogP contribution in [0.5, 0.6) is 0 Å². The van der Waals surface area contributed by atoms with Crippen molar-refractivity contribution in [3.05, 3.63) is 138 Å². The summed E-state index contributed by atoms with van der Waals surface area (Å²) in [6, 6.07) is 31.9. The van der Waals surface area contributed by atoms with E-state index in [1.54, 1.807) is 26.0 Å². The van der Waals surface area contributed by atoms with Gasteiger partial charge in [-0.15, -0.1) is 11.1 Å². The summed E-state index contributed by atoms with van der Waals surface area (Å²) in [5, 5.41) is 0. The van der Waals surface area contributed by atoms with Gasteiger partial charge < -0.3 is 24.8 Å². The van der Waals surface area contributed by atoms with E-state index in [0.717, 1.165) is 0 Å². The monoisotopic (exact) mass is 664 g/mol. The molecule has 0 nitrogen and oxygen atoms in total. The predicted octanol–water partition coefficient (Wildman–Crippen LogP) is 2.01. The Hall–Kier alpha value is -1.37. The Balaban J connectivity index is 0.000000275. The average Bonchev–Trinajstić information content (AvgIpc) is 3.40. The van der Waals surface area contributed by atoms with Crippen LogP contribution in [0.25, 0.3) is 11.1 Å². The molecule has 0 heterocycles. The molecule has 0 saturated heterocycles. The van der Waals surface area contributed by atoms with Crippen molar-refractivity contribution in [2.45, 2.75) is 33.5 Å². The van der Waals surface area contributed by atoms with E-state index in [0.29, 0.717) is 11.8 Å². The van der Waals surface area contributed by atoms with E-state index in [1.807, 2.05) is 12.1 Å². The summed E-state index contributed by atoms with van der Waals surface area (Å²) in [6.07, 6.45) is 11.3. The van der Waals surface area contributed by atoms with Crippen LogP contribution in [0.15, 0.2) is 114 Å². The molecule has 190 valence electrons. The largest absolute Gasteiger partial charge is 1.00 e. The Labute approximate surface area is 252 Å². The number of allylic oxidation sites excluding steroid dienone is 8. The van der Waals surface area contributed by atoms with Crippen molar-refractivity contribution in [2.75, 3.05) is 0 Å². The van der Waals surface area contributed by atoms with E-state index in [2.05, 4.69) is 137 Å². The molecule has 3 aromatic carbocycles. The number of rotatable bonds is 3. The minimum absolute atomic E-state index is 0. The molecule has 0 radical (unpaired) electrons. The number of hydrogen-bond acceptors (Lipinski definition) is 0. The zero-order valence-electron chi connectivity index (χ0n) is 22.2. The quantitative estimate of drug-likeness (QED) is 0.297. The van der Waals surface area contributed by atoms with Crippen molar-refractivity contribution in [1.29, 1.82) is 0 Å². The van der Waals surface area contributed by atoms with Crippen LogP contribution in [0.2, 0.25) is 5.76 Å². The van der Waals surface area contributed by atoms with E-state index in [9.17, 15) is 0 Å². The Morgan fingerprint density at radius 1 is 0.595 bits per heavy atom. The smallest absolute Gasteiger partial charge is 1.00 e. The van der Waals surface area contributed by atoms with Gasteiger partial charge in [-0.1, -0.05) is 100 Å². The fourth-order valence-corrected chi connectivity index (χ4v) is 7.80. The molecule has 2 unspecified atom stereocenters. The summed E-state index contributed by atoms with van der Waals surface area (Å²) in [5.41, 5.74) is 7.84. The first-order chi connectivity index (χ1) is 16.8. The van der Waals surface area contributed by atoms with Gasteiger partial charge in [0.2, 0.25) is 0 Å². The molecule has 0 aromatic heterocycles. The molecular formula is C33H34Cl2GeZr-2. The van der Waals surface area contributed by atoms with E-state index in [-0.39, 0.29) is 24.8 Å². The molecule has 2 aliphatic rings. The van der Waals surface area contributed by atoms with E-state index in [1.165, 1.54) is 33.4 Å². The third-order valence-electron chi connectivity index (χ3n) is 5.91. The summed E-state index contributed by atoms with van der Waals surface area (Å²) >= 11 is 1.76. The SMILES string of the molecule is CC1=[C-]C(C)C=C1c1ccccc1.CC1=[C-]C(C)C=C1c1ccccc1.[CH3][Ge](=[Zr+2])[c]1ccccc1.[Cl-].[Cl-]. The van der Waals surface area contributed by atoms with Crippen LogP contribution >= 0.6 is 0 Å². The Morgan fingerprint density at radius 2 is 0.919 bits per heavy atom. The van der Waals surface area contributed by atoms with E-state index in [4.69, 9.17) is 0 Å². The van der Waals surface area contributed by atoms with Crippen LogP contribution in [0.3, 0.4) is 0 Å². The zero-order valence-corrected chi connectivity index (χ0v) is 28.3. The molecule has 0 spiro atoms. The summed E-state index contributed by atoms with van der Waals surface area (Å²) in [6.45, 7) is 8.59. The summed E-state index contributed by atoms with van der Waals surface area (Å²) in [7, 11) is -0.676. The first-order valence-electron chi connectivity index (χ1n) is 12.2. The van der Waals surface area contributed by atoms with Crippen molar-refractivity contribution in [2.24, 2.45) is 11.8 Å². The molecular weight excluding hydrogens is 631 g/mol. The maximum Gasteiger partial charge on any atom is -1.00 e. The second kappa shape index (κ2) is 17.3. The molecule has 37 heavy (non-hydrogen) atoms. The summed E-state index contributed by atoms with van der Waals surface area (Å²) < 4.78 is 1.62. The van der Waals surface area contributed by atoms with Gasteiger partial charge in [0, 0.05) is 0 Å². The van der Waals surface area contributed by atoms with Gasteiger partial charge in [0.25, 0.3) is 0 Å². The van der Waals surface area contributed by atoms with Crippen LogP contribution < -0.4 is 29.2 Å². The van der Waals surface area contributed by atoms with Crippen molar-refractivity contribution in [1.82, 2.24) is 0 Å². The van der Waals surface area contributed by atoms with Crippen LogP contribution in [0, 0.1) is 24.0 Å². The van der Waals surface area contributed by atoms with Gasteiger partial charge in [-0.3, -0.25) is 12.2 Å². The number of benzene rings is 3. The molecule has 5 rings (SSSR count). The summed E-state index contributed by atoms with van der Waals surface area (Å²) in [5.74, 6) is 3.35. The molecule has 0 saturated carbocycles. The van der Waals surface area contributed by atoms with Crippen LogP contribution in [-0.4, -0.2) is 9.98 Å². The predicted molar refractivity (Wildman–Crippen MR) is 150 cm³/mol. The molecule has 3 aromatic rings. The first-order valence-corrected chi connectivity index (χ1v) is 22.8. The maximum atomic E-state index is 3.39.